The largest absolute Gasteiger partial charge is 0.330 e. The van der Waals surface area contributed by atoms with E-state index in [2.05, 4.69) is 70.0 Å². The highest BCUT2D eigenvalue weighted by atomic mass is 15.0. The van der Waals surface area contributed by atoms with Gasteiger partial charge in [0.05, 0.1) is 18.6 Å². The summed E-state index contributed by atoms with van der Waals surface area (Å²) in [5.41, 5.74) is 5.82. The molecule has 0 saturated carbocycles. The average Bonchev–Trinajstić information content (AvgIpc) is 3.17. The van der Waals surface area contributed by atoms with Gasteiger partial charge in [0.25, 0.3) is 0 Å². The SMILES string of the molecule is CC(c1ccccc1)c1cncn1Cc1ccc(-c2ccccc2)nc1. The minimum absolute atomic E-state index is 0.301. The molecule has 26 heavy (non-hydrogen) atoms. The minimum Gasteiger partial charge on any atom is -0.330 e. The molecule has 1 atom stereocenters. The summed E-state index contributed by atoms with van der Waals surface area (Å²) in [6.45, 7) is 2.99. The lowest BCUT2D eigenvalue weighted by Gasteiger charge is -2.15. The average molecular weight is 339 g/mol. The Hall–Kier alpha value is -3.20. The number of pyridine rings is 1. The van der Waals surface area contributed by atoms with Crippen LogP contribution in [0.25, 0.3) is 11.3 Å². The molecule has 0 bridgehead atoms. The van der Waals surface area contributed by atoms with Gasteiger partial charge in [0, 0.05) is 29.6 Å². The second-order valence-electron chi connectivity index (χ2n) is 6.50. The molecule has 0 aliphatic carbocycles. The molecule has 1 unspecified atom stereocenters. The fraction of sp³-hybridized carbons (Fsp3) is 0.130. The van der Waals surface area contributed by atoms with Crippen LogP contribution in [0.1, 0.15) is 29.7 Å². The number of rotatable bonds is 5. The van der Waals surface area contributed by atoms with Gasteiger partial charge in [0.2, 0.25) is 0 Å². The second kappa shape index (κ2) is 7.36. The van der Waals surface area contributed by atoms with E-state index in [4.69, 9.17) is 0 Å². The first-order valence-electron chi connectivity index (χ1n) is 8.86. The van der Waals surface area contributed by atoms with E-state index < -0.39 is 0 Å². The van der Waals surface area contributed by atoms with E-state index in [1.807, 2.05) is 43.0 Å². The van der Waals surface area contributed by atoms with Gasteiger partial charge in [-0.25, -0.2) is 4.98 Å². The molecular weight excluding hydrogens is 318 g/mol. The number of hydrogen-bond acceptors (Lipinski definition) is 2. The van der Waals surface area contributed by atoms with Crippen molar-refractivity contribution in [2.24, 2.45) is 0 Å². The molecule has 3 nitrogen and oxygen atoms in total. The summed E-state index contributed by atoms with van der Waals surface area (Å²) < 4.78 is 2.21. The van der Waals surface area contributed by atoms with Gasteiger partial charge in [-0.15, -0.1) is 0 Å². The number of aromatic nitrogens is 3. The van der Waals surface area contributed by atoms with E-state index in [0.717, 1.165) is 17.8 Å². The van der Waals surface area contributed by atoms with Crippen molar-refractivity contribution in [3.63, 3.8) is 0 Å². The maximum atomic E-state index is 4.63. The van der Waals surface area contributed by atoms with Crippen LogP contribution in [0.3, 0.4) is 0 Å². The second-order valence-corrected chi connectivity index (χ2v) is 6.50. The zero-order chi connectivity index (χ0) is 17.8. The molecule has 2 aromatic heterocycles. The van der Waals surface area contributed by atoms with Gasteiger partial charge in [-0.05, 0) is 17.2 Å². The Morgan fingerprint density at radius 1 is 0.846 bits per heavy atom. The minimum atomic E-state index is 0.301. The first-order valence-corrected chi connectivity index (χ1v) is 8.86. The molecule has 0 aliphatic rings. The lowest BCUT2D eigenvalue weighted by molar-refractivity contribution is 0.708. The highest BCUT2D eigenvalue weighted by molar-refractivity contribution is 5.58. The van der Waals surface area contributed by atoms with Gasteiger partial charge in [0.15, 0.2) is 0 Å². The molecule has 0 spiro atoms. The third-order valence-corrected chi connectivity index (χ3v) is 4.73. The van der Waals surface area contributed by atoms with Crippen molar-refractivity contribution < 1.29 is 0 Å². The van der Waals surface area contributed by atoms with Crippen LogP contribution in [0.2, 0.25) is 0 Å². The molecular formula is C23H21N3. The van der Waals surface area contributed by atoms with E-state index in [1.54, 1.807) is 0 Å². The number of benzene rings is 2. The van der Waals surface area contributed by atoms with E-state index in [9.17, 15) is 0 Å². The van der Waals surface area contributed by atoms with Crippen LogP contribution in [-0.4, -0.2) is 14.5 Å². The Kier molecular flexibility index (Phi) is 4.61. The quantitative estimate of drug-likeness (QED) is 0.504. The monoisotopic (exact) mass is 339 g/mol. The summed E-state index contributed by atoms with van der Waals surface area (Å²) in [5.74, 6) is 0.301. The Morgan fingerprint density at radius 3 is 2.27 bits per heavy atom. The number of imidazole rings is 1. The Bertz CT molecular complexity index is 957. The van der Waals surface area contributed by atoms with Crippen molar-refractivity contribution >= 4 is 0 Å². The molecule has 128 valence electrons. The topological polar surface area (TPSA) is 30.7 Å². The highest BCUT2D eigenvalue weighted by Crippen LogP contribution is 2.24. The molecule has 0 fully saturated rings. The van der Waals surface area contributed by atoms with Crippen molar-refractivity contribution in [1.29, 1.82) is 0 Å². The van der Waals surface area contributed by atoms with Crippen molar-refractivity contribution in [2.75, 3.05) is 0 Å². The molecule has 4 rings (SSSR count). The summed E-state index contributed by atoms with van der Waals surface area (Å²) >= 11 is 0. The number of hydrogen-bond donors (Lipinski definition) is 0. The lowest BCUT2D eigenvalue weighted by Crippen LogP contribution is -2.07. The van der Waals surface area contributed by atoms with E-state index >= 15 is 0 Å². The molecule has 0 radical (unpaired) electrons. The van der Waals surface area contributed by atoms with Gasteiger partial charge >= 0.3 is 0 Å². The van der Waals surface area contributed by atoms with E-state index in [-0.39, 0.29) is 0 Å². The Morgan fingerprint density at radius 2 is 1.58 bits per heavy atom. The normalized spacial score (nSPS) is 12.0. The lowest BCUT2D eigenvalue weighted by atomic mass is 9.98. The van der Waals surface area contributed by atoms with Crippen LogP contribution >= 0.6 is 0 Å². The Labute approximate surface area is 154 Å². The van der Waals surface area contributed by atoms with Crippen molar-refractivity contribution in [1.82, 2.24) is 14.5 Å². The summed E-state index contributed by atoms with van der Waals surface area (Å²) in [4.78, 5) is 9.00. The van der Waals surface area contributed by atoms with Crippen LogP contribution < -0.4 is 0 Å². The first-order chi connectivity index (χ1) is 12.8. The molecule has 4 aromatic rings. The molecule has 2 aromatic carbocycles. The predicted octanol–water partition coefficient (Wildman–Crippen LogP) is 5.15. The standard InChI is InChI=1S/C23H21N3/c1-18(20-8-4-2-5-9-20)23-15-24-17-26(23)16-19-12-13-22(25-14-19)21-10-6-3-7-11-21/h2-15,17-18H,16H2,1H3. The molecule has 0 saturated heterocycles. The molecule has 0 amide bonds. The van der Waals surface area contributed by atoms with Crippen molar-refractivity contribution in [2.45, 2.75) is 19.4 Å². The fourth-order valence-electron chi connectivity index (χ4n) is 3.23. The van der Waals surface area contributed by atoms with E-state index in [0.29, 0.717) is 5.92 Å². The zero-order valence-corrected chi connectivity index (χ0v) is 14.8. The third kappa shape index (κ3) is 3.42. The van der Waals surface area contributed by atoms with Gasteiger partial charge < -0.3 is 4.57 Å². The van der Waals surface area contributed by atoms with Gasteiger partial charge in [-0.3, -0.25) is 4.98 Å². The summed E-state index contributed by atoms with van der Waals surface area (Å²) in [6, 6.07) is 25.0. The summed E-state index contributed by atoms with van der Waals surface area (Å²) in [7, 11) is 0. The van der Waals surface area contributed by atoms with Crippen LogP contribution in [0, 0.1) is 0 Å². The van der Waals surface area contributed by atoms with Gasteiger partial charge in [0.1, 0.15) is 0 Å². The van der Waals surface area contributed by atoms with Crippen molar-refractivity contribution in [3.05, 3.63) is 108 Å². The molecule has 2 heterocycles. The smallest absolute Gasteiger partial charge is 0.0951 e. The van der Waals surface area contributed by atoms with Gasteiger partial charge in [-0.2, -0.15) is 0 Å². The van der Waals surface area contributed by atoms with Crippen LogP contribution in [0.5, 0.6) is 0 Å². The van der Waals surface area contributed by atoms with Crippen LogP contribution in [-0.2, 0) is 6.54 Å². The maximum absolute atomic E-state index is 4.63. The fourth-order valence-corrected chi connectivity index (χ4v) is 3.23. The maximum Gasteiger partial charge on any atom is 0.0951 e. The third-order valence-electron chi connectivity index (χ3n) is 4.73. The molecule has 3 heteroatoms. The summed E-state index contributed by atoms with van der Waals surface area (Å²) in [5, 5.41) is 0. The first kappa shape index (κ1) is 16.3. The highest BCUT2D eigenvalue weighted by Gasteiger charge is 2.13. The predicted molar refractivity (Wildman–Crippen MR) is 105 cm³/mol. The van der Waals surface area contributed by atoms with Crippen molar-refractivity contribution in [3.8, 4) is 11.3 Å². The zero-order valence-electron chi connectivity index (χ0n) is 14.8. The Balaban J connectivity index is 1.54. The van der Waals surface area contributed by atoms with Crippen LogP contribution in [0.15, 0.2) is 91.5 Å². The molecule has 0 aliphatic heterocycles. The van der Waals surface area contributed by atoms with Gasteiger partial charge in [-0.1, -0.05) is 73.7 Å². The van der Waals surface area contributed by atoms with E-state index in [1.165, 1.54) is 16.8 Å². The number of nitrogens with zero attached hydrogens (tertiary/aromatic N) is 3. The summed E-state index contributed by atoms with van der Waals surface area (Å²) in [6.07, 6.45) is 5.82. The molecule has 0 N–H and O–H groups in total. The van der Waals surface area contributed by atoms with Crippen LogP contribution in [0.4, 0.5) is 0 Å².